The van der Waals surface area contributed by atoms with Crippen LogP contribution in [0.4, 0.5) is 0 Å². The summed E-state index contributed by atoms with van der Waals surface area (Å²) in [6, 6.07) is 4.91. The summed E-state index contributed by atoms with van der Waals surface area (Å²) in [5.41, 5.74) is 6.14. The molecule has 1 saturated carbocycles. The Hall–Kier alpha value is -0.920. The van der Waals surface area contributed by atoms with Crippen LogP contribution in [0.1, 0.15) is 37.6 Å². The second kappa shape index (κ2) is 3.68. The van der Waals surface area contributed by atoms with Gasteiger partial charge in [-0.15, -0.1) is 0 Å². The minimum atomic E-state index is 0.590. The molecule has 0 spiro atoms. The van der Waals surface area contributed by atoms with Crippen LogP contribution in [-0.2, 0) is 0 Å². The Morgan fingerprint density at radius 3 is 2.43 bits per heavy atom. The van der Waals surface area contributed by atoms with Gasteiger partial charge in [0.1, 0.15) is 0 Å². The van der Waals surface area contributed by atoms with E-state index in [1.54, 1.807) is 0 Å². The predicted octanol–water partition coefficient (Wildman–Crippen LogP) is 2.84. The molecule has 14 heavy (non-hydrogen) atoms. The van der Waals surface area contributed by atoms with Crippen LogP contribution in [0, 0.1) is 19.8 Å². The van der Waals surface area contributed by atoms with Crippen LogP contribution >= 0.6 is 0 Å². The molecule has 1 aromatic heterocycles. The highest BCUT2D eigenvalue weighted by Gasteiger charge is 2.23. The standard InChI is InChI=1S/C12H20N2/c1-9(8-12-6-7-12)13-14-10(2)4-5-11(14)3/h4-5,9,12-13H,6-8H2,1-3H3. The lowest BCUT2D eigenvalue weighted by molar-refractivity contribution is 0.581. The zero-order chi connectivity index (χ0) is 10.1. The van der Waals surface area contributed by atoms with Crippen LogP contribution in [-0.4, -0.2) is 10.7 Å². The molecule has 0 aromatic carbocycles. The first-order valence-corrected chi connectivity index (χ1v) is 5.58. The molecule has 0 aliphatic heterocycles. The third-order valence-electron chi connectivity index (χ3n) is 3.00. The van der Waals surface area contributed by atoms with E-state index in [9.17, 15) is 0 Å². The molecule has 0 bridgehead atoms. The van der Waals surface area contributed by atoms with Crippen molar-refractivity contribution in [2.24, 2.45) is 5.92 Å². The van der Waals surface area contributed by atoms with Crippen LogP contribution in [0.5, 0.6) is 0 Å². The van der Waals surface area contributed by atoms with E-state index in [2.05, 4.69) is 43.0 Å². The average Bonchev–Trinajstić information content (AvgIpc) is 2.88. The number of nitrogens with zero attached hydrogens (tertiary/aromatic N) is 1. The van der Waals surface area contributed by atoms with Gasteiger partial charge in [0.25, 0.3) is 0 Å². The first-order chi connectivity index (χ1) is 6.66. The van der Waals surface area contributed by atoms with E-state index < -0.39 is 0 Å². The van der Waals surface area contributed by atoms with E-state index in [1.807, 2.05) is 0 Å². The summed E-state index contributed by atoms with van der Waals surface area (Å²) in [5, 5.41) is 0. The average molecular weight is 192 g/mol. The number of aryl methyl sites for hydroxylation is 2. The fourth-order valence-electron chi connectivity index (χ4n) is 2.00. The van der Waals surface area contributed by atoms with E-state index in [0.29, 0.717) is 6.04 Å². The zero-order valence-corrected chi connectivity index (χ0v) is 9.38. The van der Waals surface area contributed by atoms with Gasteiger partial charge < -0.3 is 5.43 Å². The van der Waals surface area contributed by atoms with Gasteiger partial charge in [0.2, 0.25) is 0 Å². The maximum Gasteiger partial charge on any atom is 0.0399 e. The molecule has 78 valence electrons. The molecule has 2 heteroatoms. The lowest BCUT2D eigenvalue weighted by Crippen LogP contribution is -2.27. The van der Waals surface area contributed by atoms with Crippen LogP contribution in [0.2, 0.25) is 0 Å². The molecule has 0 radical (unpaired) electrons. The van der Waals surface area contributed by atoms with Crippen molar-refractivity contribution in [3.8, 4) is 0 Å². The van der Waals surface area contributed by atoms with Crippen molar-refractivity contribution >= 4 is 0 Å². The fourth-order valence-corrected chi connectivity index (χ4v) is 2.00. The van der Waals surface area contributed by atoms with Crippen molar-refractivity contribution in [2.45, 2.75) is 46.1 Å². The van der Waals surface area contributed by atoms with E-state index in [-0.39, 0.29) is 0 Å². The van der Waals surface area contributed by atoms with Crippen molar-refractivity contribution in [2.75, 3.05) is 5.43 Å². The van der Waals surface area contributed by atoms with Crippen molar-refractivity contribution < 1.29 is 0 Å². The Bertz CT molecular complexity index is 291. The maximum absolute atomic E-state index is 3.55. The summed E-state index contributed by atoms with van der Waals surface area (Å²) in [7, 11) is 0. The van der Waals surface area contributed by atoms with E-state index >= 15 is 0 Å². The van der Waals surface area contributed by atoms with Gasteiger partial charge in [-0.25, -0.2) is 0 Å². The van der Waals surface area contributed by atoms with Gasteiger partial charge in [0.15, 0.2) is 0 Å². The molecule has 2 nitrogen and oxygen atoms in total. The second-order valence-electron chi connectivity index (χ2n) is 4.66. The first kappa shape index (κ1) is 9.63. The number of hydrogen-bond acceptors (Lipinski definition) is 1. The van der Waals surface area contributed by atoms with Crippen LogP contribution < -0.4 is 5.43 Å². The molecule has 1 aromatic rings. The molecule has 1 N–H and O–H groups in total. The Kier molecular flexibility index (Phi) is 2.53. The van der Waals surface area contributed by atoms with Gasteiger partial charge in [-0.2, -0.15) is 0 Å². The molecule has 1 aliphatic rings. The monoisotopic (exact) mass is 192 g/mol. The summed E-state index contributed by atoms with van der Waals surface area (Å²) in [5.74, 6) is 0.994. The van der Waals surface area contributed by atoms with Crippen LogP contribution in [0.25, 0.3) is 0 Å². The van der Waals surface area contributed by atoms with Gasteiger partial charge in [-0.05, 0) is 45.2 Å². The first-order valence-electron chi connectivity index (χ1n) is 5.58. The molecule has 1 heterocycles. The van der Waals surface area contributed by atoms with Gasteiger partial charge in [0, 0.05) is 17.4 Å². The molecule has 1 fully saturated rings. The zero-order valence-electron chi connectivity index (χ0n) is 9.38. The Morgan fingerprint density at radius 1 is 1.36 bits per heavy atom. The largest absolute Gasteiger partial charge is 0.323 e. The van der Waals surface area contributed by atoms with Crippen molar-refractivity contribution in [1.82, 2.24) is 4.68 Å². The number of hydrogen-bond donors (Lipinski definition) is 1. The highest BCUT2D eigenvalue weighted by molar-refractivity contribution is 5.15. The highest BCUT2D eigenvalue weighted by atomic mass is 15.4. The highest BCUT2D eigenvalue weighted by Crippen LogP contribution is 2.33. The number of aromatic nitrogens is 1. The molecule has 1 unspecified atom stereocenters. The Balaban J connectivity index is 1.94. The lowest BCUT2D eigenvalue weighted by atomic mass is 10.2. The number of rotatable bonds is 4. The van der Waals surface area contributed by atoms with Crippen molar-refractivity contribution in [3.63, 3.8) is 0 Å². The molecule has 0 saturated heterocycles. The van der Waals surface area contributed by atoms with Gasteiger partial charge in [-0.3, -0.25) is 4.68 Å². The molecule has 1 atom stereocenters. The molecule has 1 aliphatic carbocycles. The van der Waals surface area contributed by atoms with Gasteiger partial charge >= 0.3 is 0 Å². The van der Waals surface area contributed by atoms with Gasteiger partial charge in [0.05, 0.1) is 0 Å². The lowest BCUT2D eigenvalue weighted by Gasteiger charge is -2.19. The molecular weight excluding hydrogens is 172 g/mol. The molecule has 0 amide bonds. The summed E-state index contributed by atoms with van der Waals surface area (Å²) in [4.78, 5) is 0. The SMILES string of the molecule is Cc1ccc(C)n1NC(C)CC1CC1. The maximum atomic E-state index is 3.55. The van der Waals surface area contributed by atoms with E-state index in [1.165, 1.54) is 30.7 Å². The van der Waals surface area contributed by atoms with Gasteiger partial charge in [-0.1, -0.05) is 12.8 Å². The topological polar surface area (TPSA) is 17.0 Å². The summed E-state index contributed by atoms with van der Waals surface area (Å²) >= 11 is 0. The van der Waals surface area contributed by atoms with Crippen molar-refractivity contribution in [3.05, 3.63) is 23.5 Å². The summed E-state index contributed by atoms with van der Waals surface area (Å²) < 4.78 is 2.20. The van der Waals surface area contributed by atoms with E-state index in [4.69, 9.17) is 0 Å². The predicted molar refractivity (Wildman–Crippen MR) is 60.1 cm³/mol. The van der Waals surface area contributed by atoms with Crippen LogP contribution in [0.3, 0.4) is 0 Å². The second-order valence-corrected chi connectivity index (χ2v) is 4.66. The summed E-state index contributed by atoms with van der Waals surface area (Å²) in [6.07, 6.45) is 4.20. The fraction of sp³-hybridized carbons (Fsp3) is 0.667. The quantitative estimate of drug-likeness (QED) is 0.776. The molecular formula is C12H20N2. The smallest absolute Gasteiger partial charge is 0.0399 e. The minimum absolute atomic E-state index is 0.590. The van der Waals surface area contributed by atoms with Crippen molar-refractivity contribution in [1.29, 1.82) is 0 Å². The number of nitrogens with one attached hydrogen (secondary N) is 1. The summed E-state index contributed by atoms with van der Waals surface area (Å²) in [6.45, 7) is 6.56. The Labute approximate surface area is 86.3 Å². The Morgan fingerprint density at radius 2 is 1.93 bits per heavy atom. The third-order valence-corrected chi connectivity index (χ3v) is 3.00. The minimum Gasteiger partial charge on any atom is -0.323 e. The van der Waals surface area contributed by atoms with Crippen LogP contribution in [0.15, 0.2) is 12.1 Å². The van der Waals surface area contributed by atoms with E-state index in [0.717, 1.165) is 5.92 Å². The normalized spacial score (nSPS) is 18.2. The molecule has 2 rings (SSSR count). The third kappa shape index (κ3) is 2.11.